The van der Waals surface area contributed by atoms with Gasteiger partial charge in [0, 0.05) is 12.6 Å². The number of hydrogen-bond donors (Lipinski definition) is 1. The van der Waals surface area contributed by atoms with E-state index in [-0.39, 0.29) is 5.91 Å². The highest BCUT2D eigenvalue weighted by Crippen LogP contribution is 2.31. The van der Waals surface area contributed by atoms with Gasteiger partial charge in [0.05, 0.1) is 5.54 Å². The molecule has 0 bridgehead atoms. The normalized spacial score (nSPS) is 15.2. The SMILES string of the molecule is CCC(N)(CC)C(=O)N(Cc1cccc(C)c1)C1CC1. The topological polar surface area (TPSA) is 46.3 Å². The lowest BCUT2D eigenvalue weighted by molar-refractivity contribution is -0.138. The van der Waals surface area contributed by atoms with Gasteiger partial charge in [0.25, 0.3) is 0 Å². The molecular weight excluding hydrogens is 248 g/mol. The Morgan fingerprint density at radius 2 is 2.00 bits per heavy atom. The highest BCUT2D eigenvalue weighted by molar-refractivity contribution is 5.86. The van der Waals surface area contributed by atoms with E-state index >= 15 is 0 Å². The van der Waals surface area contributed by atoms with Crippen LogP contribution < -0.4 is 5.73 Å². The molecule has 0 aromatic heterocycles. The van der Waals surface area contributed by atoms with E-state index < -0.39 is 5.54 Å². The van der Waals surface area contributed by atoms with E-state index in [0.717, 1.165) is 12.8 Å². The minimum absolute atomic E-state index is 0.117. The molecule has 0 aliphatic heterocycles. The number of benzene rings is 1. The Kier molecular flexibility index (Phi) is 4.48. The van der Waals surface area contributed by atoms with Crippen molar-refractivity contribution in [3.8, 4) is 0 Å². The van der Waals surface area contributed by atoms with Crippen molar-refractivity contribution in [2.24, 2.45) is 5.73 Å². The van der Waals surface area contributed by atoms with Crippen LogP contribution in [-0.2, 0) is 11.3 Å². The second kappa shape index (κ2) is 5.96. The minimum Gasteiger partial charge on any atom is -0.334 e. The maximum atomic E-state index is 12.8. The van der Waals surface area contributed by atoms with Crippen LogP contribution >= 0.6 is 0 Å². The van der Waals surface area contributed by atoms with E-state index in [9.17, 15) is 4.79 Å². The largest absolute Gasteiger partial charge is 0.334 e. The summed E-state index contributed by atoms with van der Waals surface area (Å²) in [5, 5.41) is 0. The predicted octanol–water partition coefficient (Wildman–Crippen LogP) is 3.00. The summed E-state index contributed by atoms with van der Waals surface area (Å²) in [6.07, 6.45) is 3.61. The van der Waals surface area contributed by atoms with Gasteiger partial charge in [0.15, 0.2) is 0 Å². The van der Waals surface area contributed by atoms with Gasteiger partial charge in [0.2, 0.25) is 5.91 Å². The van der Waals surface area contributed by atoms with E-state index in [1.807, 2.05) is 18.7 Å². The Morgan fingerprint density at radius 1 is 1.35 bits per heavy atom. The van der Waals surface area contributed by atoms with E-state index in [0.29, 0.717) is 25.4 Å². The molecule has 1 amide bonds. The van der Waals surface area contributed by atoms with Crippen molar-refractivity contribution in [2.75, 3.05) is 0 Å². The molecule has 0 saturated heterocycles. The number of carbonyl (C=O) groups excluding carboxylic acids is 1. The summed E-state index contributed by atoms with van der Waals surface area (Å²) in [4.78, 5) is 14.8. The summed E-state index contributed by atoms with van der Waals surface area (Å²) in [6.45, 7) is 6.76. The molecule has 0 spiro atoms. The Bertz CT molecular complexity index is 476. The molecule has 0 heterocycles. The molecule has 20 heavy (non-hydrogen) atoms. The summed E-state index contributed by atoms with van der Waals surface area (Å²) in [5.74, 6) is 0.117. The molecule has 1 aromatic carbocycles. The zero-order chi connectivity index (χ0) is 14.8. The Morgan fingerprint density at radius 3 is 2.50 bits per heavy atom. The van der Waals surface area contributed by atoms with E-state index in [4.69, 9.17) is 5.73 Å². The lowest BCUT2D eigenvalue weighted by atomic mass is 9.92. The van der Waals surface area contributed by atoms with Crippen LogP contribution in [0.3, 0.4) is 0 Å². The van der Waals surface area contributed by atoms with Crippen molar-refractivity contribution in [3.63, 3.8) is 0 Å². The lowest BCUT2D eigenvalue weighted by Crippen LogP contribution is -2.55. The summed E-state index contributed by atoms with van der Waals surface area (Å²) < 4.78 is 0. The van der Waals surface area contributed by atoms with Gasteiger partial charge >= 0.3 is 0 Å². The average molecular weight is 274 g/mol. The molecule has 2 N–H and O–H groups in total. The number of rotatable bonds is 6. The number of nitrogens with zero attached hydrogens (tertiary/aromatic N) is 1. The Labute approximate surface area is 122 Å². The minimum atomic E-state index is -0.702. The number of nitrogens with two attached hydrogens (primary N) is 1. The van der Waals surface area contributed by atoms with Crippen molar-refractivity contribution < 1.29 is 4.79 Å². The Hall–Kier alpha value is -1.35. The molecule has 0 atom stereocenters. The lowest BCUT2D eigenvalue weighted by Gasteiger charge is -2.33. The monoisotopic (exact) mass is 274 g/mol. The number of aryl methyl sites for hydroxylation is 1. The average Bonchev–Trinajstić information content (AvgIpc) is 3.28. The van der Waals surface area contributed by atoms with Crippen LogP contribution in [0.1, 0.15) is 50.7 Å². The molecule has 1 aliphatic carbocycles. The third-order valence-electron chi connectivity index (χ3n) is 4.37. The van der Waals surface area contributed by atoms with Crippen molar-refractivity contribution in [1.82, 2.24) is 4.90 Å². The van der Waals surface area contributed by atoms with E-state index in [2.05, 4.69) is 31.2 Å². The smallest absolute Gasteiger partial charge is 0.243 e. The molecule has 0 radical (unpaired) electrons. The van der Waals surface area contributed by atoms with Gasteiger partial charge in [-0.2, -0.15) is 0 Å². The quantitative estimate of drug-likeness (QED) is 0.866. The number of carbonyl (C=O) groups is 1. The molecule has 1 aromatic rings. The second-order valence-electron chi connectivity index (χ2n) is 6.02. The Balaban J connectivity index is 2.17. The highest BCUT2D eigenvalue weighted by Gasteiger charge is 2.40. The van der Waals surface area contributed by atoms with Gasteiger partial charge in [0.1, 0.15) is 0 Å². The summed E-state index contributed by atoms with van der Waals surface area (Å²) in [7, 11) is 0. The number of amides is 1. The fourth-order valence-electron chi connectivity index (χ4n) is 2.60. The first-order valence-electron chi connectivity index (χ1n) is 7.65. The van der Waals surface area contributed by atoms with Gasteiger partial charge in [-0.25, -0.2) is 0 Å². The van der Waals surface area contributed by atoms with Gasteiger partial charge in [-0.1, -0.05) is 43.7 Å². The molecule has 0 unspecified atom stereocenters. The van der Waals surface area contributed by atoms with Crippen molar-refractivity contribution in [2.45, 2.75) is 64.6 Å². The van der Waals surface area contributed by atoms with Gasteiger partial charge < -0.3 is 10.6 Å². The zero-order valence-electron chi connectivity index (χ0n) is 12.9. The van der Waals surface area contributed by atoms with Gasteiger partial charge in [-0.05, 0) is 38.2 Å². The fourth-order valence-corrected chi connectivity index (χ4v) is 2.60. The molecule has 110 valence electrons. The van der Waals surface area contributed by atoms with Crippen molar-refractivity contribution in [1.29, 1.82) is 0 Å². The zero-order valence-corrected chi connectivity index (χ0v) is 12.9. The summed E-state index contributed by atoms with van der Waals surface area (Å²) in [6, 6.07) is 8.77. The van der Waals surface area contributed by atoms with Crippen LogP contribution in [0, 0.1) is 6.92 Å². The molecule has 1 fully saturated rings. The van der Waals surface area contributed by atoms with Crippen LogP contribution in [0.15, 0.2) is 24.3 Å². The third kappa shape index (κ3) is 3.21. The van der Waals surface area contributed by atoms with Crippen molar-refractivity contribution in [3.05, 3.63) is 35.4 Å². The van der Waals surface area contributed by atoms with Gasteiger partial charge in [-0.15, -0.1) is 0 Å². The molecule has 2 rings (SSSR count). The molecule has 3 heteroatoms. The second-order valence-corrected chi connectivity index (χ2v) is 6.02. The maximum Gasteiger partial charge on any atom is 0.243 e. The molecule has 3 nitrogen and oxygen atoms in total. The molecule has 1 saturated carbocycles. The highest BCUT2D eigenvalue weighted by atomic mass is 16.2. The first kappa shape index (κ1) is 15.0. The van der Waals surface area contributed by atoms with Gasteiger partial charge in [-0.3, -0.25) is 4.79 Å². The van der Waals surface area contributed by atoms with Crippen LogP contribution in [0.25, 0.3) is 0 Å². The number of hydrogen-bond acceptors (Lipinski definition) is 2. The van der Waals surface area contributed by atoms with Crippen LogP contribution in [0.2, 0.25) is 0 Å². The standard InChI is InChI=1S/C17H26N2O/c1-4-17(18,5-2)16(20)19(15-9-10-15)12-14-8-6-7-13(3)11-14/h6-8,11,15H,4-5,9-10,12,18H2,1-3H3. The van der Waals surface area contributed by atoms with E-state index in [1.165, 1.54) is 11.1 Å². The third-order valence-corrected chi connectivity index (χ3v) is 4.37. The first-order chi connectivity index (χ1) is 9.50. The van der Waals surface area contributed by atoms with Crippen LogP contribution in [0.4, 0.5) is 0 Å². The fraction of sp³-hybridized carbons (Fsp3) is 0.588. The van der Waals surface area contributed by atoms with Crippen LogP contribution in [-0.4, -0.2) is 22.4 Å². The summed E-state index contributed by atoms with van der Waals surface area (Å²) in [5.41, 5.74) is 8.02. The van der Waals surface area contributed by atoms with E-state index in [1.54, 1.807) is 0 Å². The van der Waals surface area contributed by atoms with Crippen molar-refractivity contribution >= 4 is 5.91 Å². The summed E-state index contributed by atoms with van der Waals surface area (Å²) >= 11 is 0. The molecule has 1 aliphatic rings. The maximum absolute atomic E-state index is 12.8. The first-order valence-corrected chi connectivity index (χ1v) is 7.65. The predicted molar refractivity (Wildman–Crippen MR) is 82.3 cm³/mol. The van der Waals surface area contributed by atoms with Crippen LogP contribution in [0.5, 0.6) is 0 Å². The molecular formula is C17H26N2O.